The second-order valence-corrected chi connectivity index (χ2v) is 6.15. The van der Waals surface area contributed by atoms with Gasteiger partial charge in [-0.05, 0) is 10.5 Å². The van der Waals surface area contributed by atoms with Gasteiger partial charge >= 0.3 is 5.95 Å². The summed E-state index contributed by atoms with van der Waals surface area (Å²) in [4.78, 5) is 22.7. The molecule has 0 amide bonds. The molecule has 0 saturated carbocycles. The summed E-state index contributed by atoms with van der Waals surface area (Å²) in [5, 5.41) is 24.0. The SMILES string of the molecule is Cn1ncc2c1ncn1nc(-c3ccc(Cn4cnc([N+](=O)[O-])n4)cc3)nc21. The second-order valence-electron chi connectivity index (χ2n) is 6.15. The van der Waals surface area contributed by atoms with Crippen LogP contribution in [0.25, 0.3) is 28.1 Å². The quantitative estimate of drug-likeness (QED) is 0.337. The zero-order chi connectivity index (χ0) is 19.3. The first-order chi connectivity index (χ1) is 13.6. The minimum atomic E-state index is -0.622. The van der Waals surface area contributed by atoms with Gasteiger partial charge < -0.3 is 10.1 Å². The van der Waals surface area contributed by atoms with Crippen molar-refractivity contribution in [1.82, 2.24) is 44.1 Å². The molecule has 0 saturated heterocycles. The average Bonchev–Trinajstić information content (AvgIpc) is 3.40. The summed E-state index contributed by atoms with van der Waals surface area (Å²) in [6.07, 6.45) is 4.67. The number of aromatic nitrogens is 9. The lowest BCUT2D eigenvalue weighted by Gasteiger charge is -2.00. The van der Waals surface area contributed by atoms with Crippen LogP contribution in [0, 0.1) is 10.1 Å². The third-order valence-electron chi connectivity index (χ3n) is 4.31. The number of benzene rings is 1. The Bertz CT molecular complexity index is 1330. The van der Waals surface area contributed by atoms with Gasteiger partial charge in [-0.2, -0.15) is 9.78 Å². The topological polar surface area (TPSA) is 135 Å². The minimum Gasteiger partial charge on any atom is -0.390 e. The zero-order valence-electron chi connectivity index (χ0n) is 14.5. The molecule has 12 nitrogen and oxygen atoms in total. The first-order valence-corrected chi connectivity index (χ1v) is 8.25. The smallest absolute Gasteiger partial charge is 0.390 e. The van der Waals surface area contributed by atoms with Gasteiger partial charge in [0.05, 0.1) is 18.1 Å². The van der Waals surface area contributed by atoms with Gasteiger partial charge in [0.15, 0.2) is 17.1 Å². The van der Waals surface area contributed by atoms with E-state index in [1.807, 2.05) is 31.3 Å². The number of rotatable bonds is 4. The summed E-state index contributed by atoms with van der Waals surface area (Å²) in [6, 6.07) is 7.57. The molecule has 0 radical (unpaired) electrons. The standard InChI is InChI=1S/C16H12N10O2/c1-23-14-12(6-19-23)15-20-13(21-25(15)9-17-14)11-4-2-10(3-5-11)7-24-8-18-16(22-24)26(27)28/h2-6,8-9H,7H2,1H3. The van der Waals surface area contributed by atoms with Crippen LogP contribution >= 0.6 is 0 Å². The third-order valence-corrected chi connectivity index (χ3v) is 4.31. The highest BCUT2D eigenvalue weighted by molar-refractivity contribution is 5.88. The molecule has 5 aromatic rings. The van der Waals surface area contributed by atoms with Gasteiger partial charge in [-0.25, -0.2) is 14.5 Å². The first kappa shape index (κ1) is 16.0. The third kappa shape index (κ3) is 2.55. The van der Waals surface area contributed by atoms with E-state index in [1.165, 1.54) is 11.0 Å². The molecule has 0 aliphatic rings. The van der Waals surface area contributed by atoms with Gasteiger partial charge in [-0.3, -0.25) is 4.68 Å². The monoisotopic (exact) mass is 376 g/mol. The van der Waals surface area contributed by atoms with Crippen molar-refractivity contribution < 1.29 is 4.92 Å². The molecule has 5 rings (SSSR count). The Kier molecular flexibility index (Phi) is 3.37. The number of aryl methyl sites for hydroxylation is 1. The van der Waals surface area contributed by atoms with Crippen molar-refractivity contribution in [3.05, 3.63) is 58.8 Å². The van der Waals surface area contributed by atoms with Crippen molar-refractivity contribution in [3.63, 3.8) is 0 Å². The maximum atomic E-state index is 10.7. The Labute approximate surface area is 156 Å². The van der Waals surface area contributed by atoms with E-state index in [-0.39, 0.29) is 0 Å². The first-order valence-electron chi connectivity index (χ1n) is 8.25. The lowest BCUT2D eigenvalue weighted by atomic mass is 10.1. The fraction of sp³-hybridized carbons (Fsp3) is 0.125. The molecule has 0 N–H and O–H groups in total. The van der Waals surface area contributed by atoms with Crippen molar-refractivity contribution in [2.45, 2.75) is 6.54 Å². The normalized spacial score (nSPS) is 11.5. The van der Waals surface area contributed by atoms with Crippen molar-refractivity contribution in [2.75, 3.05) is 0 Å². The number of nitro groups is 1. The second kappa shape index (κ2) is 5.90. The Morgan fingerprint density at radius 3 is 2.64 bits per heavy atom. The van der Waals surface area contributed by atoms with E-state index in [0.717, 1.165) is 22.2 Å². The van der Waals surface area contributed by atoms with E-state index >= 15 is 0 Å². The van der Waals surface area contributed by atoms with Crippen LogP contribution in [-0.2, 0) is 13.6 Å². The number of fused-ring (bicyclic) bond motifs is 3. The van der Waals surface area contributed by atoms with E-state index in [2.05, 4.69) is 30.2 Å². The molecule has 0 bridgehead atoms. The highest BCUT2D eigenvalue weighted by Crippen LogP contribution is 2.21. The fourth-order valence-corrected chi connectivity index (χ4v) is 2.95. The minimum absolute atomic E-state index is 0.375. The van der Waals surface area contributed by atoms with E-state index in [9.17, 15) is 10.1 Å². The molecule has 0 fully saturated rings. The molecule has 138 valence electrons. The Balaban J connectivity index is 1.45. The van der Waals surface area contributed by atoms with Gasteiger partial charge in [0.1, 0.15) is 6.33 Å². The van der Waals surface area contributed by atoms with Gasteiger partial charge in [0.2, 0.25) is 6.33 Å². The lowest BCUT2D eigenvalue weighted by Crippen LogP contribution is -2.01. The van der Waals surface area contributed by atoms with Gasteiger partial charge in [0, 0.05) is 17.7 Å². The molecule has 0 unspecified atom stereocenters. The maximum absolute atomic E-state index is 10.7. The largest absolute Gasteiger partial charge is 0.490 e. The van der Waals surface area contributed by atoms with Crippen molar-refractivity contribution in [2.24, 2.45) is 7.05 Å². The van der Waals surface area contributed by atoms with Crippen LogP contribution in [0.2, 0.25) is 0 Å². The molecule has 12 heteroatoms. The van der Waals surface area contributed by atoms with Crippen LogP contribution in [0.5, 0.6) is 0 Å². The summed E-state index contributed by atoms with van der Waals surface area (Å²) in [5.74, 6) is 0.155. The molecule has 0 aliphatic heterocycles. The van der Waals surface area contributed by atoms with E-state index < -0.39 is 10.9 Å². The average molecular weight is 376 g/mol. The molecule has 0 aliphatic carbocycles. The molecular formula is C16H12N10O2. The number of hydrogen-bond acceptors (Lipinski definition) is 8. The number of hydrogen-bond donors (Lipinski definition) is 0. The summed E-state index contributed by atoms with van der Waals surface area (Å²) >= 11 is 0. The van der Waals surface area contributed by atoms with E-state index in [4.69, 9.17) is 0 Å². The Morgan fingerprint density at radius 2 is 1.89 bits per heavy atom. The summed E-state index contributed by atoms with van der Waals surface area (Å²) in [7, 11) is 1.82. The molecular weight excluding hydrogens is 364 g/mol. The van der Waals surface area contributed by atoms with Gasteiger partial charge in [-0.15, -0.1) is 5.10 Å². The Morgan fingerprint density at radius 1 is 1.07 bits per heavy atom. The van der Waals surface area contributed by atoms with Crippen LogP contribution in [0.3, 0.4) is 0 Å². The Hall–Kier alpha value is -4.22. The highest BCUT2D eigenvalue weighted by atomic mass is 16.6. The number of nitrogens with zero attached hydrogens (tertiary/aromatic N) is 10. The van der Waals surface area contributed by atoms with E-state index in [0.29, 0.717) is 18.0 Å². The van der Waals surface area contributed by atoms with Crippen LogP contribution in [0.4, 0.5) is 5.95 Å². The van der Waals surface area contributed by atoms with Crippen LogP contribution in [0.15, 0.2) is 43.1 Å². The van der Waals surface area contributed by atoms with Crippen LogP contribution in [-0.4, -0.2) is 49.1 Å². The summed E-state index contributed by atoms with van der Waals surface area (Å²) in [5.41, 5.74) is 3.19. The van der Waals surface area contributed by atoms with E-state index in [1.54, 1.807) is 21.7 Å². The molecule has 4 aromatic heterocycles. The van der Waals surface area contributed by atoms with Gasteiger partial charge in [0.25, 0.3) is 0 Å². The van der Waals surface area contributed by atoms with Crippen LogP contribution in [0.1, 0.15) is 5.56 Å². The van der Waals surface area contributed by atoms with Crippen molar-refractivity contribution in [1.29, 1.82) is 0 Å². The van der Waals surface area contributed by atoms with Crippen molar-refractivity contribution >= 4 is 22.6 Å². The summed E-state index contributed by atoms with van der Waals surface area (Å²) < 4.78 is 4.73. The highest BCUT2D eigenvalue weighted by Gasteiger charge is 2.14. The zero-order valence-corrected chi connectivity index (χ0v) is 14.5. The maximum Gasteiger partial charge on any atom is 0.490 e. The molecule has 1 aromatic carbocycles. The molecule has 0 spiro atoms. The van der Waals surface area contributed by atoms with Crippen LogP contribution < -0.4 is 0 Å². The summed E-state index contributed by atoms with van der Waals surface area (Å²) in [6.45, 7) is 0.375. The lowest BCUT2D eigenvalue weighted by molar-refractivity contribution is -0.394. The molecule has 28 heavy (non-hydrogen) atoms. The van der Waals surface area contributed by atoms with Crippen molar-refractivity contribution in [3.8, 4) is 11.4 Å². The predicted molar refractivity (Wildman–Crippen MR) is 96.3 cm³/mol. The fourth-order valence-electron chi connectivity index (χ4n) is 2.95. The predicted octanol–water partition coefficient (Wildman–Crippen LogP) is 1.23. The van der Waals surface area contributed by atoms with Gasteiger partial charge in [-0.1, -0.05) is 29.2 Å². The molecule has 0 atom stereocenters. The molecule has 4 heterocycles.